The van der Waals surface area contributed by atoms with Crippen molar-refractivity contribution in [2.75, 3.05) is 69.3 Å². The third-order valence-electron chi connectivity index (χ3n) is 6.23. The number of rotatable bonds is 4. The fraction of sp³-hybridized carbons (Fsp3) is 0.417. The van der Waals surface area contributed by atoms with Gasteiger partial charge < -0.3 is 25.2 Å². The Morgan fingerprint density at radius 1 is 0.938 bits per heavy atom. The number of nitrogens with one attached hydrogen (secondary N) is 2. The molecular weight excluding hydrogens is 407 g/mol. The molecule has 2 aromatic heterocycles. The van der Waals surface area contributed by atoms with Crippen LogP contribution in [0.25, 0.3) is 22.2 Å². The van der Waals surface area contributed by atoms with E-state index in [0.717, 1.165) is 92.4 Å². The van der Waals surface area contributed by atoms with Gasteiger partial charge in [0.15, 0.2) is 11.6 Å². The molecular formula is C24H29FN6O. The van der Waals surface area contributed by atoms with Gasteiger partial charge in [-0.15, -0.1) is 0 Å². The second kappa shape index (κ2) is 9.26. The van der Waals surface area contributed by atoms with Gasteiger partial charge in [-0.1, -0.05) is 0 Å². The van der Waals surface area contributed by atoms with Crippen molar-refractivity contribution < 1.29 is 9.13 Å². The Labute approximate surface area is 187 Å². The first-order valence-electron chi connectivity index (χ1n) is 11.3. The number of nitrogens with zero attached hydrogens (tertiary/aromatic N) is 4. The molecule has 2 fully saturated rings. The maximum absolute atomic E-state index is 14.6. The minimum atomic E-state index is -0.370. The number of aromatic nitrogens is 2. The monoisotopic (exact) mass is 436 g/mol. The van der Waals surface area contributed by atoms with E-state index in [1.165, 1.54) is 7.11 Å². The average molecular weight is 437 g/mol. The summed E-state index contributed by atoms with van der Waals surface area (Å²) in [4.78, 5) is 14.2. The number of hydrogen-bond acceptors (Lipinski definition) is 7. The van der Waals surface area contributed by atoms with Gasteiger partial charge in [0.2, 0.25) is 0 Å². The van der Waals surface area contributed by atoms with Crippen LogP contribution in [-0.4, -0.2) is 69.4 Å². The van der Waals surface area contributed by atoms with Crippen molar-refractivity contribution in [2.45, 2.75) is 6.42 Å². The van der Waals surface area contributed by atoms with Crippen LogP contribution in [0.1, 0.15) is 6.42 Å². The second-order valence-corrected chi connectivity index (χ2v) is 8.26. The first-order valence-corrected chi connectivity index (χ1v) is 11.3. The highest BCUT2D eigenvalue weighted by Crippen LogP contribution is 2.34. The predicted octanol–water partition coefficient (Wildman–Crippen LogP) is 2.65. The van der Waals surface area contributed by atoms with E-state index in [1.807, 2.05) is 6.20 Å². The lowest BCUT2D eigenvalue weighted by molar-refractivity contribution is 0.387. The number of piperazine rings is 1. The molecule has 32 heavy (non-hydrogen) atoms. The third kappa shape index (κ3) is 4.20. The van der Waals surface area contributed by atoms with Crippen molar-refractivity contribution in [3.63, 3.8) is 0 Å². The highest BCUT2D eigenvalue weighted by Gasteiger charge is 2.18. The molecule has 8 heteroatoms. The number of benzene rings is 1. The molecule has 168 valence electrons. The van der Waals surface area contributed by atoms with Crippen molar-refractivity contribution in [3.8, 4) is 17.0 Å². The zero-order chi connectivity index (χ0) is 21.9. The Balaban J connectivity index is 1.57. The largest absolute Gasteiger partial charge is 0.494 e. The molecule has 3 aromatic rings. The minimum Gasteiger partial charge on any atom is -0.494 e. The number of methoxy groups -OCH3 is 1. The highest BCUT2D eigenvalue weighted by atomic mass is 19.1. The van der Waals surface area contributed by atoms with Gasteiger partial charge in [0.25, 0.3) is 0 Å². The van der Waals surface area contributed by atoms with E-state index >= 15 is 0 Å². The van der Waals surface area contributed by atoms with E-state index < -0.39 is 0 Å². The standard InChI is InChI=1S/C24H29FN6O/c1-32-23-15-21-18(13-19(23)25)22(30-9-2-5-26-6-10-30)14-20(29-21)17-3-4-24(28-16-17)31-11-7-27-8-12-31/h3-4,13-16,26-27H,2,5-12H2,1H3. The van der Waals surface area contributed by atoms with Crippen LogP contribution in [0.3, 0.4) is 0 Å². The molecule has 2 aliphatic heterocycles. The normalized spacial score (nSPS) is 17.4. The van der Waals surface area contributed by atoms with Crippen molar-refractivity contribution in [1.82, 2.24) is 20.6 Å². The number of anilines is 2. The molecule has 5 rings (SSSR count). The van der Waals surface area contributed by atoms with Crippen LogP contribution in [0.2, 0.25) is 0 Å². The molecule has 0 aliphatic carbocycles. The summed E-state index contributed by atoms with van der Waals surface area (Å²) in [5.41, 5.74) is 3.50. The zero-order valence-electron chi connectivity index (χ0n) is 18.4. The maximum Gasteiger partial charge on any atom is 0.165 e. The van der Waals surface area contributed by atoms with Crippen LogP contribution < -0.4 is 25.2 Å². The van der Waals surface area contributed by atoms with Gasteiger partial charge in [0.05, 0.1) is 18.3 Å². The van der Waals surface area contributed by atoms with Crippen LogP contribution in [0.4, 0.5) is 15.9 Å². The summed E-state index contributed by atoms with van der Waals surface area (Å²) in [7, 11) is 1.48. The Morgan fingerprint density at radius 3 is 2.47 bits per heavy atom. The first kappa shape index (κ1) is 20.9. The highest BCUT2D eigenvalue weighted by molar-refractivity contribution is 5.95. The Hall–Kier alpha value is -2.97. The van der Waals surface area contributed by atoms with Gasteiger partial charge in [0, 0.05) is 74.7 Å². The molecule has 1 aromatic carbocycles. The predicted molar refractivity (Wildman–Crippen MR) is 126 cm³/mol. The van der Waals surface area contributed by atoms with Crippen molar-refractivity contribution in [3.05, 3.63) is 42.3 Å². The summed E-state index contributed by atoms with van der Waals surface area (Å²) in [6.07, 6.45) is 2.93. The van der Waals surface area contributed by atoms with Gasteiger partial charge in [-0.3, -0.25) is 0 Å². The molecule has 0 bridgehead atoms. The Morgan fingerprint density at radius 2 is 1.72 bits per heavy atom. The van der Waals surface area contributed by atoms with E-state index in [2.05, 4.69) is 38.6 Å². The van der Waals surface area contributed by atoms with Crippen molar-refractivity contribution >= 4 is 22.4 Å². The second-order valence-electron chi connectivity index (χ2n) is 8.26. The summed E-state index contributed by atoms with van der Waals surface area (Å²) in [6.45, 7) is 7.54. The smallest absolute Gasteiger partial charge is 0.165 e. The lowest BCUT2D eigenvalue weighted by atomic mass is 10.1. The number of hydrogen-bond donors (Lipinski definition) is 2. The molecule has 0 saturated carbocycles. The summed E-state index contributed by atoms with van der Waals surface area (Å²) >= 11 is 0. The molecule has 2 aliphatic rings. The zero-order valence-corrected chi connectivity index (χ0v) is 18.4. The van der Waals surface area contributed by atoms with Crippen LogP contribution in [0.5, 0.6) is 5.75 Å². The van der Waals surface area contributed by atoms with Gasteiger partial charge in [0.1, 0.15) is 5.82 Å². The molecule has 0 unspecified atom stereocenters. The molecule has 2 saturated heterocycles. The summed E-state index contributed by atoms with van der Waals surface area (Å²) in [5.74, 6) is 0.821. The number of pyridine rings is 2. The Bertz CT molecular complexity index is 1080. The van der Waals surface area contributed by atoms with Gasteiger partial charge in [-0.05, 0) is 37.2 Å². The topological polar surface area (TPSA) is 65.5 Å². The summed E-state index contributed by atoms with van der Waals surface area (Å²) in [5, 5.41) is 7.61. The van der Waals surface area contributed by atoms with E-state index in [0.29, 0.717) is 0 Å². The van der Waals surface area contributed by atoms with E-state index in [9.17, 15) is 4.39 Å². The van der Waals surface area contributed by atoms with Crippen LogP contribution in [0.15, 0.2) is 36.5 Å². The van der Waals surface area contributed by atoms with Crippen LogP contribution >= 0.6 is 0 Å². The average Bonchev–Trinajstić information content (AvgIpc) is 3.13. The number of fused-ring (bicyclic) bond motifs is 1. The molecule has 4 heterocycles. The van der Waals surface area contributed by atoms with E-state index in [1.54, 1.807) is 12.1 Å². The first-order chi connectivity index (χ1) is 15.7. The summed E-state index contributed by atoms with van der Waals surface area (Å²) in [6, 6.07) is 9.45. The molecule has 0 spiro atoms. The minimum absolute atomic E-state index is 0.206. The third-order valence-corrected chi connectivity index (χ3v) is 6.23. The van der Waals surface area contributed by atoms with Gasteiger partial charge in [-0.25, -0.2) is 14.4 Å². The quantitative estimate of drug-likeness (QED) is 0.652. The van der Waals surface area contributed by atoms with Gasteiger partial charge in [-0.2, -0.15) is 0 Å². The lowest BCUT2D eigenvalue weighted by Crippen LogP contribution is -2.43. The summed E-state index contributed by atoms with van der Waals surface area (Å²) < 4.78 is 19.8. The number of halogens is 1. The van der Waals surface area contributed by atoms with Crippen LogP contribution in [0, 0.1) is 5.82 Å². The molecule has 0 amide bonds. The van der Waals surface area contributed by atoms with Crippen molar-refractivity contribution in [2.24, 2.45) is 0 Å². The van der Waals surface area contributed by atoms with E-state index in [4.69, 9.17) is 14.7 Å². The molecule has 0 atom stereocenters. The molecule has 2 N–H and O–H groups in total. The SMILES string of the molecule is COc1cc2nc(-c3ccc(N4CCNCC4)nc3)cc(N3CCCNCC3)c2cc1F. The lowest BCUT2D eigenvalue weighted by Gasteiger charge is -2.28. The van der Waals surface area contributed by atoms with Crippen molar-refractivity contribution in [1.29, 1.82) is 0 Å². The molecule has 7 nitrogen and oxygen atoms in total. The van der Waals surface area contributed by atoms with E-state index in [-0.39, 0.29) is 11.6 Å². The fourth-order valence-electron chi connectivity index (χ4n) is 4.48. The van der Waals surface area contributed by atoms with Crippen LogP contribution in [-0.2, 0) is 0 Å². The Kier molecular flexibility index (Phi) is 6.05. The fourth-order valence-corrected chi connectivity index (χ4v) is 4.48. The maximum atomic E-state index is 14.6. The molecule has 0 radical (unpaired) electrons. The van der Waals surface area contributed by atoms with Gasteiger partial charge >= 0.3 is 0 Å². The number of ether oxygens (including phenoxy) is 1.